The summed E-state index contributed by atoms with van der Waals surface area (Å²) in [4.78, 5) is 17.5. The number of aromatic nitrogens is 1. The molecule has 5 nitrogen and oxygen atoms in total. The number of benzene rings is 3. The number of pyridine rings is 1. The number of nitriles is 1. The van der Waals surface area contributed by atoms with Crippen LogP contribution in [0.25, 0.3) is 22.4 Å². The number of aryl methyl sites for hydroxylation is 1. The number of amides is 1. The molecule has 1 heterocycles. The fourth-order valence-corrected chi connectivity index (χ4v) is 4.32. The molecule has 1 N–H and O–H groups in total. The number of anilines is 1. The molecule has 0 aliphatic heterocycles. The normalized spacial score (nSPS) is 10.4. The topological polar surface area (TPSA) is 75.0 Å². The van der Waals surface area contributed by atoms with Crippen LogP contribution in [-0.4, -0.2) is 23.8 Å². The van der Waals surface area contributed by atoms with E-state index in [0.717, 1.165) is 27.9 Å². The average molecular weight is 466 g/mol. The number of thioether (sulfide) groups is 1. The largest absolute Gasteiger partial charge is 0.495 e. The van der Waals surface area contributed by atoms with Gasteiger partial charge in [-0.3, -0.25) is 4.79 Å². The van der Waals surface area contributed by atoms with Crippen LogP contribution in [0.3, 0.4) is 0 Å². The predicted molar refractivity (Wildman–Crippen MR) is 137 cm³/mol. The molecule has 0 spiro atoms. The zero-order chi connectivity index (χ0) is 23.9. The van der Waals surface area contributed by atoms with Crippen LogP contribution in [0.1, 0.15) is 11.1 Å². The van der Waals surface area contributed by atoms with E-state index >= 15 is 0 Å². The van der Waals surface area contributed by atoms with Crippen LogP contribution in [0.15, 0.2) is 90.0 Å². The molecule has 168 valence electrons. The summed E-state index contributed by atoms with van der Waals surface area (Å²) in [5.41, 5.74) is 5.62. The molecule has 0 unspecified atom stereocenters. The van der Waals surface area contributed by atoms with Gasteiger partial charge in [-0.05, 0) is 30.7 Å². The monoisotopic (exact) mass is 465 g/mol. The summed E-state index contributed by atoms with van der Waals surface area (Å²) in [6, 6.07) is 29.4. The van der Waals surface area contributed by atoms with Gasteiger partial charge in [-0.2, -0.15) is 5.26 Å². The molecule has 0 saturated carbocycles. The number of carbonyl (C=O) groups is 1. The van der Waals surface area contributed by atoms with Crippen molar-refractivity contribution in [2.75, 3.05) is 18.2 Å². The number of hydrogen-bond acceptors (Lipinski definition) is 5. The minimum Gasteiger partial charge on any atom is -0.495 e. The Labute approximate surface area is 203 Å². The smallest absolute Gasteiger partial charge is 0.234 e. The van der Waals surface area contributed by atoms with E-state index in [2.05, 4.69) is 11.4 Å². The first-order valence-corrected chi connectivity index (χ1v) is 11.7. The maximum Gasteiger partial charge on any atom is 0.234 e. The van der Waals surface area contributed by atoms with Crippen molar-refractivity contribution in [3.63, 3.8) is 0 Å². The highest BCUT2D eigenvalue weighted by atomic mass is 32.2. The Bertz CT molecular complexity index is 1350. The van der Waals surface area contributed by atoms with Crippen LogP contribution in [0.5, 0.6) is 5.75 Å². The van der Waals surface area contributed by atoms with E-state index < -0.39 is 0 Å². The summed E-state index contributed by atoms with van der Waals surface area (Å²) in [5.74, 6) is 0.484. The highest BCUT2D eigenvalue weighted by molar-refractivity contribution is 8.00. The minimum absolute atomic E-state index is 0.102. The zero-order valence-electron chi connectivity index (χ0n) is 18.9. The van der Waals surface area contributed by atoms with Gasteiger partial charge in [0, 0.05) is 11.1 Å². The van der Waals surface area contributed by atoms with Crippen LogP contribution < -0.4 is 10.1 Å². The van der Waals surface area contributed by atoms with Crippen molar-refractivity contribution in [3.05, 3.63) is 96.1 Å². The first kappa shape index (κ1) is 23.1. The van der Waals surface area contributed by atoms with Gasteiger partial charge in [0.25, 0.3) is 0 Å². The highest BCUT2D eigenvalue weighted by Crippen LogP contribution is 2.34. The number of rotatable bonds is 7. The first-order chi connectivity index (χ1) is 16.6. The summed E-state index contributed by atoms with van der Waals surface area (Å²) in [5, 5.41) is 13.4. The average Bonchev–Trinajstić information content (AvgIpc) is 2.88. The number of nitrogens with zero attached hydrogens (tertiary/aromatic N) is 2. The Morgan fingerprint density at radius 1 is 1.00 bits per heavy atom. The standard InChI is InChI=1S/C28H23N3O2S/c1-19-12-14-20(15-13-19)22-16-25(21-8-4-3-5-9-21)31-28(23(22)17-29)34-18-27(32)30-24-10-6-7-11-26(24)33-2/h3-16H,18H2,1-2H3,(H,30,32). The van der Waals surface area contributed by atoms with Crippen molar-refractivity contribution in [1.82, 2.24) is 4.98 Å². The lowest BCUT2D eigenvalue weighted by molar-refractivity contribution is -0.113. The summed E-state index contributed by atoms with van der Waals surface area (Å²) < 4.78 is 5.31. The van der Waals surface area contributed by atoms with Crippen LogP contribution in [0.4, 0.5) is 5.69 Å². The number of para-hydroxylation sites is 2. The Hall–Kier alpha value is -4.08. The van der Waals surface area contributed by atoms with Gasteiger partial charge in [-0.15, -0.1) is 0 Å². The van der Waals surface area contributed by atoms with Crippen molar-refractivity contribution in [1.29, 1.82) is 5.26 Å². The number of methoxy groups -OCH3 is 1. The zero-order valence-corrected chi connectivity index (χ0v) is 19.7. The van der Waals surface area contributed by atoms with E-state index in [1.807, 2.05) is 79.7 Å². The van der Waals surface area contributed by atoms with Crippen LogP contribution in [0.2, 0.25) is 0 Å². The van der Waals surface area contributed by atoms with Gasteiger partial charge in [0.2, 0.25) is 5.91 Å². The molecule has 3 aromatic carbocycles. The molecule has 0 aliphatic rings. The molecule has 4 rings (SSSR count). The Morgan fingerprint density at radius 2 is 1.71 bits per heavy atom. The lowest BCUT2D eigenvalue weighted by Gasteiger charge is -2.13. The third kappa shape index (κ3) is 5.28. The van der Waals surface area contributed by atoms with E-state index in [1.165, 1.54) is 11.8 Å². The molecule has 0 aliphatic carbocycles. The van der Waals surface area contributed by atoms with Gasteiger partial charge in [-0.25, -0.2) is 4.98 Å². The molecule has 4 aromatic rings. The molecule has 6 heteroatoms. The van der Waals surface area contributed by atoms with E-state index in [0.29, 0.717) is 22.0 Å². The van der Waals surface area contributed by atoms with Crippen molar-refractivity contribution >= 4 is 23.4 Å². The molecule has 0 radical (unpaired) electrons. The molecular formula is C28H23N3O2S. The Kier molecular flexibility index (Phi) is 7.26. The summed E-state index contributed by atoms with van der Waals surface area (Å²) in [6.45, 7) is 2.03. The number of nitrogens with one attached hydrogen (secondary N) is 1. The molecule has 0 bridgehead atoms. The fraction of sp³-hybridized carbons (Fsp3) is 0.107. The van der Waals surface area contributed by atoms with Gasteiger partial charge >= 0.3 is 0 Å². The number of carbonyl (C=O) groups excluding carboxylic acids is 1. The molecule has 0 atom stereocenters. The quantitative estimate of drug-likeness (QED) is 0.323. The maximum absolute atomic E-state index is 12.7. The van der Waals surface area contributed by atoms with Gasteiger partial charge in [0.15, 0.2) is 0 Å². The van der Waals surface area contributed by atoms with Crippen molar-refractivity contribution in [3.8, 4) is 34.2 Å². The SMILES string of the molecule is COc1ccccc1NC(=O)CSc1nc(-c2ccccc2)cc(-c2ccc(C)cc2)c1C#N. The molecule has 0 fully saturated rings. The molecule has 1 amide bonds. The second-order valence-electron chi connectivity index (χ2n) is 7.62. The Morgan fingerprint density at radius 3 is 2.41 bits per heavy atom. The first-order valence-electron chi connectivity index (χ1n) is 10.7. The van der Waals surface area contributed by atoms with Crippen LogP contribution in [0, 0.1) is 18.3 Å². The minimum atomic E-state index is -0.206. The number of ether oxygens (including phenoxy) is 1. The third-order valence-electron chi connectivity index (χ3n) is 5.25. The molecule has 34 heavy (non-hydrogen) atoms. The third-order valence-corrected chi connectivity index (χ3v) is 6.23. The van der Waals surface area contributed by atoms with E-state index in [1.54, 1.807) is 19.2 Å². The number of hydrogen-bond donors (Lipinski definition) is 1. The summed E-state index contributed by atoms with van der Waals surface area (Å²) >= 11 is 1.25. The van der Waals surface area contributed by atoms with E-state index in [-0.39, 0.29) is 11.7 Å². The predicted octanol–water partition coefficient (Wildman–Crippen LogP) is 6.34. The highest BCUT2D eigenvalue weighted by Gasteiger charge is 2.17. The van der Waals surface area contributed by atoms with Gasteiger partial charge < -0.3 is 10.1 Å². The van der Waals surface area contributed by atoms with Crippen LogP contribution >= 0.6 is 11.8 Å². The van der Waals surface area contributed by atoms with Gasteiger partial charge in [0.05, 0.1) is 29.8 Å². The van der Waals surface area contributed by atoms with Crippen LogP contribution in [-0.2, 0) is 4.79 Å². The van der Waals surface area contributed by atoms with Crippen molar-refractivity contribution in [2.45, 2.75) is 11.9 Å². The van der Waals surface area contributed by atoms with Gasteiger partial charge in [0.1, 0.15) is 16.8 Å². The van der Waals surface area contributed by atoms with Gasteiger partial charge in [-0.1, -0.05) is 84.1 Å². The second kappa shape index (κ2) is 10.7. The Balaban J connectivity index is 1.68. The van der Waals surface area contributed by atoms with E-state index in [9.17, 15) is 10.1 Å². The van der Waals surface area contributed by atoms with E-state index in [4.69, 9.17) is 9.72 Å². The summed E-state index contributed by atoms with van der Waals surface area (Å²) in [6.07, 6.45) is 0. The lowest BCUT2D eigenvalue weighted by atomic mass is 9.98. The fourth-order valence-electron chi connectivity index (χ4n) is 3.52. The lowest BCUT2D eigenvalue weighted by Crippen LogP contribution is -2.15. The maximum atomic E-state index is 12.7. The second-order valence-corrected chi connectivity index (χ2v) is 8.58. The summed E-state index contributed by atoms with van der Waals surface area (Å²) in [7, 11) is 1.56. The molecule has 0 saturated heterocycles. The molecule has 1 aromatic heterocycles. The molecular weight excluding hydrogens is 442 g/mol. The van der Waals surface area contributed by atoms with Crippen molar-refractivity contribution in [2.24, 2.45) is 0 Å². The van der Waals surface area contributed by atoms with Crippen molar-refractivity contribution < 1.29 is 9.53 Å².